The number of hydrogen-bond acceptors (Lipinski definition) is 4. The van der Waals surface area contributed by atoms with Gasteiger partial charge in [-0.25, -0.2) is 0 Å². The van der Waals surface area contributed by atoms with Gasteiger partial charge >= 0.3 is 153 Å². The van der Waals surface area contributed by atoms with Crippen molar-refractivity contribution in [1.82, 2.24) is 9.88 Å². The molecule has 2 radical (unpaired) electrons. The quantitative estimate of drug-likeness (QED) is 0.604. The summed E-state index contributed by atoms with van der Waals surface area (Å²) in [5, 5.41) is 0. The maximum absolute atomic E-state index is 12.3. The number of likely N-dealkylation sites (tertiary alicyclic amines) is 1. The minimum atomic E-state index is -0.707. The number of pyridine rings is 1. The van der Waals surface area contributed by atoms with Gasteiger partial charge in [-0.2, -0.15) is 0 Å². The molecule has 1 aliphatic rings. The Morgan fingerprint density at radius 2 is 2.04 bits per heavy atom. The molecule has 5 nitrogen and oxygen atoms in total. The summed E-state index contributed by atoms with van der Waals surface area (Å²) in [6.45, 7) is 8.33. The van der Waals surface area contributed by atoms with Crippen molar-refractivity contribution in [2.75, 3.05) is 13.2 Å². The van der Waals surface area contributed by atoms with Crippen LogP contribution in [0.1, 0.15) is 32.8 Å². The van der Waals surface area contributed by atoms with Gasteiger partial charge in [0, 0.05) is 0 Å². The zero-order chi connectivity index (χ0) is 19.3. The van der Waals surface area contributed by atoms with Gasteiger partial charge in [0.2, 0.25) is 0 Å². The van der Waals surface area contributed by atoms with E-state index in [1.54, 1.807) is 11.1 Å². The van der Waals surface area contributed by atoms with Crippen molar-refractivity contribution in [2.45, 2.75) is 43.3 Å². The SMILES string of the molecule is C[C](C)(C)[Sn][c]1cncc(OC[C@@H]2CCN2C(=O)OCc2ccccc2)c1. The fourth-order valence-electron chi connectivity index (χ4n) is 2.85. The Bertz CT molecular complexity index is 762. The van der Waals surface area contributed by atoms with Gasteiger partial charge in [0.1, 0.15) is 0 Å². The second-order valence-electron chi connectivity index (χ2n) is 7.77. The van der Waals surface area contributed by atoms with Gasteiger partial charge in [0.15, 0.2) is 0 Å². The number of nitrogens with zero attached hydrogens (tertiary/aromatic N) is 2. The molecule has 0 aliphatic carbocycles. The molecule has 3 rings (SSSR count). The number of hydrogen-bond donors (Lipinski definition) is 0. The van der Waals surface area contributed by atoms with E-state index in [1.165, 1.54) is 3.58 Å². The molecule has 2 aromatic rings. The third-order valence-corrected chi connectivity index (χ3v) is 8.00. The van der Waals surface area contributed by atoms with Crippen LogP contribution in [0.25, 0.3) is 0 Å². The van der Waals surface area contributed by atoms with E-state index in [-0.39, 0.29) is 12.1 Å². The Morgan fingerprint density at radius 3 is 2.70 bits per heavy atom. The fourth-order valence-corrected chi connectivity index (χ4v) is 6.33. The van der Waals surface area contributed by atoms with E-state index >= 15 is 0 Å². The van der Waals surface area contributed by atoms with Gasteiger partial charge in [0.25, 0.3) is 0 Å². The molecule has 0 N–H and O–H groups in total. The number of carbonyl (C=O) groups is 1. The van der Waals surface area contributed by atoms with E-state index in [1.807, 2.05) is 36.5 Å². The molecule has 6 heteroatoms. The van der Waals surface area contributed by atoms with E-state index < -0.39 is 21.1 Å². The van der Waals surface area contributed by atoms with Crippen molar-refractivity contribution in [3.05, 3.63) is 54.4 Å². The summed E-state index contributed by atoms with van der Waals surface area (Å²) in [5.74, 6) is 0.794. The van der Waals surface area contributed by atoms with Gasteiger partial charge in [-0.1, -0.05) is 18.2 Å². The van der Waals surface area contributed by atoms with Crippen molar-refractivity contribution < 1.29 is 14.3 Å². The molecule has 0 bridgehead atoms. The van der Waals surface area contributed by atoms with Gasteiger partial charge in [0.05, 0.1) is 0 Å². The van der Waals surface area contributed by atoms with Crippen LogP contribution in [0.3, 0.4) is 0 Å². The van der Waals surface area contributed by atoms with Crippen LogP contribution >= 0.6 is 0 Å². The average molecular weight is 473 g/mol. The fraction of sp³-hybridized carbons (Fsp3) is 0.429. The first-order chi connectivity index (χ1) is 12.9. The van der Waals surface area contributed by atoms with Crippen LogP contribution in [0.2, 0.25) is 3.43 Å². The standard InChI is InChI=1S/C17H17N2O3.C4H9.Sn/c20-17(22-12-14-5-2-1-3-6-14)19-10-8-15(19)13-21-16-7-4-9-18-11-16;1-4(2)3;/h1-3,5-7,9,11,15H,8,10,12-13H2;1-3H3;/t15-;;/m0../s1. The molecular weight excluding hydrogens is 447 g/mol. The first-order valence-corrected chi connectivity index (χ1v) is 12.1. The van der Waals surface area contributed by atoms with Crippen LogP contribution in [-0.2, 0) is 11.3 Å². The van der Waals surface area contributed by atoms with Gasteiger partial charge < -0.3 is 0 Å². The zero-order valence-electron chi connectivity index (χ0n) is 16.1. The summed E-state index contributed by atoms with van der Waals surface area (Å²) in [6, 6.07) is 11.9. The van der Waals surface area contributed by atoms with Crippen molar-refractivity contribution in [3.63, 3.8) is 0 Å². The summed E-state index contributed by atoms with van der Waals surface area (Å²) in [5.41, 5.74) is 0.992. The Balaban J connectivity index is 1.47. The molecule has 0 spiro atoms. The molecule has 1 atom stereocenters. The molecule has 1 fully saturated rings. The van der Waals surface area contributed by atoms with Crippen LogP contribution in [0.4, 0.5) is 4.79 Å². The predicted molar refractivity (Wildman–Crippen MR) is 107 cm³/mol. The molecule has 1 amide bonds. The molecule has 2 heterocycles. The van der Waals surface area contributed by atoms with Crippen LogP contribution in [0.5, 0.6) is 5.75 Å². The molecule has 0 unspecified atom stereocenters. The second kappa shape index (κ2) is 8.95. The Morgan fingerprint density at radius 1 is 1.26 bits per heavy atom. The van der Waals surface area contributed by atoms with Crippen LogP contribution in [-0.4, -0.2) is 56.3 Å². The molecule has 1 aromatic heterocycles. The monoisotopic (exact) mass is 474 g/mol. The molecule has 1 saturated heterocycles. The number of aromatic nitrogens is 1. The Kier molecular flexibility index (Phi) is 6.63. The van der Waals surface area contributed by atoms with Crippen LogP contribution in [0.15, 0.2) is 48.8 Å². The van der Waals surface area contributed by atoms with Gasteiger partial charge in [-0.15, -0.1) is 0 Å². The summed E-state index contributed by atoms with van der Waals surface area (Å²) < 4.78 is 13.0. The molecule has 1 aromatic carbocycles. The molecule has 27 heavy (non-hydrogen) atoms. The number of rotatable bonds is 6. The number of ether oxygens (including phenoxy) is 2. The number of carbonyl (C=O) groups excluding carboxylic acids is 1. The zero-order valence-corrected chi connectivity index (χ0v) is 19.0. The van der Waals surface area contributed by atoms with Crippen molar-refractivity contribution in [3.8, 4) is 5.75 Å². The topological polar surface area (TPSA) is 51.7 Å². The van der Waals surface area contributed by atoms with Crippen molar-refractivity contribution in [1.29, 1.82) is 0 Å². The molecular formula is C21H26N2O3Sn. The summed E-state index contributed by atoms with van der Waals surface area (Å²) >= 11 is -0.707. The van der Waals surface area contributed by atoms with Crippen LogP contribution in [0, 0.1) is 0 Å². The van der Waals surface area contributed by atoms with Crippen molar-refractivity contribution in [2.24, 2.45) is 0 Å². The van der Waals surface area contributed by atoms with Crippen LogP contribution < -0.4 is 8.32 Å². The van der Waals surface area contributed by atoms with Gasteiger partial charge in [-0.05, 0) is 0 Å². The molecule has 1 aliphatic heterocycles. The third-order valence-electron chi connectivity index (χ3n) is 4.26. The summed E-state index contributed by atoms with van der Waals surface area (Å²) in [7, 11) is 0. The van der Waals surface area contributed by atoms with E-state index in [4.69, 9.17) is 9.47 Å². The molecule has 0 saturated carbocycles. The minimum absolute atomic E-state index is 0.0690. The summed E-state index contributed by atoms with van der Waals surface area (Å²) in [4.78, 5) is 18.3. The molecule has 142 valence electrons. The Hall–Kier alpha value is -1.76. The van der Waals surface area contributed by atoms with E-state index in [9.17, 15) is 4.79 Å². The van der Waals surface area contributed by atoms with Gasteiger partial charge in [-0.3, -0.25) is 0 Å². The summed E-state index contributed by atoms with van der Waals surface area (Å²) in [6.07, 6.45) is 4.38. The average Bonchev–Trinajstić information content (AvgIpc) is 2.59. The third kappa shape index (κ3) is 6.13. The van der Waals surface area contributed by atoms with E-state index in [0.29, 0.717) is 16.6 Å². The maximum atomic E-state index is 12.3. The Labute approximate surface area is 171 Å². The normalized spacial score (nSPS) is 16.6. The van der Waals surface area contributed by atoms with Crippen molar-refractivity contribution >= 4 is 30.8 Å². The predicted octanol–water partition coefficient (Wildman–Crippen LogP) is 3.42. The number of amides is 1. The van der Waals surface area contributed by atoms with E-state index in [2.05, 4.69) is 31.8 Å². The van der Waals surface area contributed by atoms with E-state index in [0.717, 1.165) is 24.3 Å². The first kappa shape index (κ1) is 20.0. The second-order valence-corrected chi connectivity index (χ2v) is 14.4. The number of benzene rings is 1. The first-order valence-electron chi connectivity index (χ1n) is 9.24.